The molecule has 0 saturated carbocycles. The van der Waals surface area contributed by atoms with Crippen LogP contribution in [-0.2, 0) is 6.54 Å². The molecule has 0 aliphatic rings. The summed E-state index contributed by atoms with van der Waals surface area (Å²) in [5.74, 6) is 0. The van der Waals surface area contributed by atoms with Crippen molar-refractivity contribution in [2.45, 2.75) is 6.54 Å². The summed E-state index contributed by atoms with van der Waals surface area (Å²) < 4.78 is 5.59. The first-order chi connectivity index (χ1) is 11.3. The van der Waals surface area contributed by atoms with Crippen LogP contribution in [0.2, 0.25) is 0 Å². The van der Waals surface area contributed by atoms with Crippen LogP contribution in [0.15, 0.2) is 83.5 Å². The van der Waals surface area contributed by atoms with Gasteiger partial charge < -0.3 is 4.42 Å². The first-order valence-corrected chi connectivity index (χ1v) is 7.85. The van der Waals surface area contributed by atoms with Gasteiger partial charge in [0.15, 0.2) is 0 Å². The third-order valence-electron chi connectivity index (χ3n) is 3.75. The number of hydrogen-bond donors (Lipinski definition) is 0. The van der Waals surface area contributed by atoms with Crippen molar-refractivity contribution in [3.05, 3.63) is 90.2 Å². The fraction of sp³-hybridized carbons (Fsp3) is 0.143. The Morgan fingerprint density at radius 2 is 1.79 bits per heavy atom. The standard InChI is InChI=1S/C21H21NO.ClH/c1-22(15-7-3-6-11-18-9-4-2-5-10-18)17-20-13-8-12-19-14-16-23-21(19)20;/h2-14,16H,15,17H2,1H3;1H/b7-3+,11-6+;. The first-order valence-electron chi connectivity index (χ1n) is 7.85. The average Bonchev–Trinajstić information content (AvgIpc) is 3.05. The van der Waals surface area contributed by atoms with Crippen molar-refractivity contribution in [1.82, 2.24) is 4.90 Å². The highest BCUT2D eigenvalue weighted by molar-refractivity contribution is 5.85. The zero-order chi connectivity index (χ0) is 15.9. The lowest BCUT2D eigenvalue weighted by atomic mass is 10.1. The smallest absolute Gasteiger partial charge is 0.138 e. The Balaban J connectivity index is 0.00000208. The van der Waals surface area contributed by atoms with Crippen LogP contribution in [0.25, 0.3) is 17.0 Å². The zero-order valence-electron chi connectivity index (χ0n) is 13.8. The number of allylic oxidation sites excluding steroid dienone is 2. The third-order valence-corrected chi connectivity index (χ3v) is 3.75. The van der Waals surface area contributed by atoms with Gasteiger partial charge in [-0.2, -0.15) is 0 Å². The number of para-hydroxylation sites is 1. The normalized spacial score (nSPS) is 11.6. The van der Waals surface area contributed by atoms with E-state index in [1.165, 1.54) is 11.1 Å². The molecule has 0 bridgehead atoms. The first kappa shape index (κ1) is 18.1. The second-order valence-corrected chi connectivity index (χ2v) is 5.65. The van der Waals surface area contributed by atoms with Crippen molar-refractivity contribution in [3.8, 4) is 0 Å². The molecule has 0 aliphatic heterocycles. The van der Waals surface area contributed by atoms with Gasteiger partial charge in [0, 0.05) is 24.0 Å². The van der Waals surface area contributed by atoms with Crippen molar-refractivity contribution >= 4 is 29.5 Å². The quantitative estimate of drug-likeness (QED) is 0.547. The van der Waals surface area contributed by atoms with Gasteiger partial charge in [0.2, 0.25) is 0 Å². The number of benzene rings is 2. The molecule has 3 heteroatoms. The van der Waals surface area contributed by atoms with E-state index in [-0.39, 0.29) is 12.4 Å². The predicted octanol–water partition coefficient (Wildman–Crippen LogP) is 5.56. The van der Waals surface area contributed by atoms with E-state index in [4.69, 9.17) is 4.42 Å². The van der Waals surface area contributed by atoms with E-state index in [2.05, 4.69) is 66.6 Å². The maximum absolute atomic E-state index is 5.59. The number of rotatable bonds is 6. The van der Waals surface area contributed by atoms with Crippen molar-refractivity contribution in [3.63, 3.8) is 0 Å². The summed E-state index contributed by atoms with van der Waals surface area (Å²) in [6, 6.07) is 18.6. The minimum atomic E-state index is 0. The van der Waals surface area contributed by atoms with Crippen molar-refractivity contribution in [2.75, 3.05) is 13.6 Å². The zero-order valence-corrected chi connectivity index (χ0v) is 14.6. The van der Waals surface area contributed by atoms with Crippen LogP contribution in [0.1, 0.15) is 11.1 Å². The van der Waals surface area contributed by atoms with E-state index in [9.17, 15) is 0 Å². The van der Waals surface area contributed by atoms with E-state index >= 15 is 0 Å². The third kappa shape index (κ3) is 4.85. The van der Waals surface area contributed by atoms with Crippen LogP contribution in [0.5, 0.6) is 0 Å². The van der Waals surface area contributed by atoms with Crippen LogP contribution in [0.4, 0.5) is 0 Å². The Kier molecular flexibility index (Phi) is 6.86. The predicted molar refractivity (Wildman–Crippen MR) is 104 cm³/mol. The van der Waals surface area contributed by atoms with Gasteiger partial charge in [0.25, 0.3) is 0 Å². The molecule has 0 radical (unpaired) electrons. The number of likely N-dealkylation sites (N-methyl/N-ethyl adjacent to an activating group) is 1. The number of hydrogen-bond acceptors (Lipinski definition) is 2. The molecule has 1 aromatic heterocycles. The molecule has 0 unspecified atom stereocenters. The Labute approximate surface area is 149 Å². The van der Waals surface area contributed by atoms with Gasteiger partial charge in [-0.05, 0) is 18.7 Å². The van der Waals surface area contributed by atoms with Gasteiger partial charge in [0.1, 0.15) is 5.58 Å². The minimum absolute atomic E-state index is 0. The minimum Gasteiger partial charge on any atom is -0.464 e. The molecule has 24 heavy (non-hydrogen) atoms. The van der Waals surface area contributed by atoms with Gasteiger partial charge in [-0.25, -0.2) is 0 Å². The van der Waals surface area contributed by atoms with Gasteiger partial charge >= 0.3 is 0 Å². The van der Waals surface area contributed by atoms with Crippen LogP contribution in [0.3, 0.4) is 0 Å². The number of fused-ring (bicyclic) bond motifs is 1. The second-order valence-electron chi connectivity index (χ2n) is 5.65. The lowest BCUT2D eigenvalue weighted by Crippen LogP contribution is -2.17. The highest BCUT2D eigenvalue weighted by Crippen LogP contribution is 2.20. The molecule has 0 N–H and O–H groups in total. The SMILES string of the molecule is CN(C/C=C/C=C/c1ccccc1)Cc1cccc2ccoc12.Cl. The number of halogens is 1. The van der Waals surface area contributed by atoms with E-state index in [0.29, 0.717) is 0 Å². The molecular weight excluding hydrogens is 318 g/mol. The molecule has 2 nitrogen and oxygen atoms in total. The summed E-state index contributed by atoms with van der Waals surface area (Å²) in [6.07, 6.45) is 10.2. The molecule has 0 saturated heterocycles. The van der Waals surface area contributed by atoms with Crippen LogP contribution in [0, 0.1) is 0 Å². The summed E-state index contributed by atoms with van der Waals surface area (Å²) in [5.41, 5.74) is 3.44. The summed E-state index contributed by atoms with van der Waals surface area (Å²) >= 11 is 0. The Morgan fingerprint density at radius 1 is 0.958 bits per heavy atom. The summed E-state index contributed by atoms with van der Waals surface area (Å²) in [7, 11) is 2.12. The van der Waals surface area contributed by atoms with Crippen LogP contribution < -0.4 is 0 Å². The van der Waals surface area contributed by atoms with Crippen LogP contribution >= 0.6 is 12.4 Å². The summed E-state index contributed by atoms with van der Waals surface area (Å²) in [4.78, 5) is 2.27. The molecular formula is C21H22ClNO. The second kappa shape index (κ2) is 9.11. The maximum Gasteiger partial charge on any atom is 0.138 e. The monoisotopic (exact) mass is 339 g/mol. The molecule has 0 fully saturated rings. The van der Waals surface area contributed by atoms with Crippen molar-refractivity contribution < 1.29 is 4.42 Å². The molecule has 0 atom stereocenters. The van der Waals surface area contributed by atoms with E-state index in [1.54, 1.807) is 6.26 Å². The molecule has 0 aliphatic carbocycles. The van der Waals surface area contributed by atoms with E-state index in [1.807, 2.05) is 24.3 Å². The molecule has 0 amide bonds. The van der Waals surface area contributed by atoms with Gasteiger partial charge in [-0.15, -0.1) is 12.4 Å². The Hall–Kier alpha value is -2.29. The van der Waals surface area contributed by atoms with Crippen LogP contribution in [-0.4, -0.2) is 18.5 Å². The van der Waals surface area contributed by atoms with Gasteiger partial charge in [0.05, 0.1) is 6.26 Å². The number of nitrogens with zero attached hydrogens (tertiary/aromatic N) is 1. The Bertz CT molecular complexity index is 805. The number of furan rings is 1. The van der Waals surface area contributed by atoms with Crippen molar-refractivity contribution in [1.29, 1.82) is 0 Å². The molecule has 1 heterocycles. The molecule has 3 aromatic rings. The Morgan fingerprint density at radius 3 is 2.62 bits per heavy atom. The average molecular weight is 340 g/mol. The molecule has 3 rings (SSSR count). The highest BCUT2D eigenvalue weighted by atomic mass is 35.5. The lowest BCUT2D eigenvalue weighted by Gasteiger charge is -2.14. The van der Waals surface area contributed by atoms with Gasteiger partial charge in [-0.1, -0.05) is 72.8 Å². The molecule has 0 spiro atoms. The topological polar surface area (TPSA) is 16.4 Å². The summed E-state index contributed by atoms with van der Waals surface area (Å²) in [5, 5.41) is 1.16. The molecule has 124 valence electrons. The molecule has 2 aromatic carbocycles. The lowest BCUT2D eigenvalue weighted by molar-refractivity contribution is 0.362. The van der Waals surface area contributed by atoms with Crippen molar-refractivity contribution in [2.24, 2.45) is 0 Å². The maximum atomic E-state index is 5.59. The largest absolute Gasteiger partial charge is 0.464 e. The van der Waals surface area contributed by atoms with E-state index in [0.717, 1.165) is 24.1 Å². The van der Waals surface area contributed by atoms with E-state index < -0.39 is 0 Å². The van der Waals surface area contributed by atoms with Gasteiger partial charge in [-0.3, -0.25) is 4.90 Å². The summed E-state index contributed by atoms with van der Waals surface area (Å²) in [6.45, 7) is 1.77. The fourth-order valence-electron chi connectivity index (χ4n) is 2.59. The fourth-order valence-corrected chi connectivity index (χ4v) is 2.59. The highest BCUT2D eigenvalue weighted by Gasteiger charge is 2.05.